The molecule has 1 heterocycles. The molecule has 0 bridgehead atoms. The molecule has 1 aromatic rings. The zero-order valence-electron chi connectivity index (χ0n) is 30.6. The van der Waals surface area contributed by atoms with E-state index in [-0.39, 0.29) is 49.8 Å². The molecule has 298 valence electrons. The number of hydrogen-bond acceptors (Lipinski definition) is 12. The molecule has 10 atom stereocenters. The van der Waals surface area contributed by atoms with Gasteiger partial charge in [-0.3, -0.25) is 8.98 Å². The second-order valence-corrected chi connectivity index (χ2v) is 16.1. The first kappa shape index (κ1) is 46.7. The van der Waals surface area contributed by atoms with Crippen molar-refractivity contribution in [3.8, 4) is 0 Å². The third-order valence-corrected chi connectivity index (χ3v) is 10.7. The maximum absolute atomic E-state index is 13.1. The second kappa shape index (κ2) is 24.1. The number of aliphatic hydroxyl groups excluding tert-OH is 7. The molecule has 0 fully saturated rings. The van der Waals surface area contributed by atoms with E-state index in [1.54, 1.807) is 55.5 Å². The van der Waals surface area contributed by atoms with E-state index in [1.165, 1.54) is 37.3 Å². The van der Waals surface area contributed by atoms with Crippen LogP contribution in [0.2, 0.25) is 0 Å². The van der Waals surface area contributed by atoms with Crippen molar-refractivity contribution < 1.29 is 57.9 Å². The van der Waals surface area contributed by atoms with Crippen LogP contribution in [0.4, 0.5) is 0 Å². The van der Waals surface area contributed by atoms with Crippen LogP contribution in [0.25, 0.3) is 0 Å². The van der Waals surface area contributed by atoms with Crippen LogP contribution in [0, 0.1) is 5.92 Å². The molecule has 0 amide bonds. The lowest BCUT2D eigenvalue weighted by Gasteiger charge is -2.27. The Morgan fingerprint density at radius 2 is 1.30 bits per heavy atom. The molecule has 0 aliphatic carbocycles. The molecule has 6 unspecified atom stereocenters. The number of carbonyl (C=O) groups excluding carboxylic acids is 1. The first-order valence-corrected chi connectivity index (χ1v) is 20.2. The van der Waals surface area contributed by atoms with Gasteiger partial charge in [0, 0.05) is 23.7 Å². The summed E-state index contributed by atoms with van der Waals surface area (Å²) in [5.41, 5.74) is 0.498. The SMILES string of the molecule is CCCCC1C(=O)OC(C)C(O)/C=C/C=C/C=C/C=C/C=C(\C)C(O)CC(OS(=O)(=O)c2ccc(Br)cc2)CC(O)C[C@@H](O)C[C@@H](O)C[C@@H](O)C[C@H]1O. The van der Waals surface area contributed by atoms with E-state index >= 15 is 0 Å². The first-order valence-electron chi connectivity index (χ1n) is 18.0. The predicted molar refractivity (Wildman–Crippen MR) is 205 cm³/mol. The standard InChI is InChI=1S/C39H57BrO12S/c1-4-5-14-35-38(47)24-32(44)22-30(42)20-29(41)21-31(43)23-33(52-53(49,50)34-18-16-28(40)17-19-34)25-37(46)26(2)13-11-9-7-6-8-10-12-15-36(45)27(3)51-39(35)48/h6-13,15-19,27,29-33,35-38,41-47H,4-5,14,20-25H2,1-3H3/b7-6+,10-8+,11-9+,15-12+,26-13+/t27?,29-,30+,31?,32+,33?,35?,36?,37?,38+/m0/s1. The fourth-order valence-electron chi connectivity index (χ4n) is 5.72. The van der Waals surface area contributed by atoms with E-state index in [9.17, 15) is 49.0 Å². The Morgan fingerprint density at radius 1 is 0.774 bits per heavy atom. The smallest absolute Gasteiger partial charge is 0.311 e. The molecule has 1 aliphatic heterocycles. The van der Waals surface area contributed by atoms with Crippen LogP contribution in [0.5, 0.6) is 0 Å². The Balaban J connectivity index is 2.32. The van der Waals surface area contributed by atoms with Gasteiger partial charge in [-0.15, -0.1) is 0 Å². The topological polar surface area (TPSA) is 211 Å². The normalized spacial score (nSPS) is 34.7. The molecular formula is C39H57BrO12S. The lowest BCUT2D eigenvalue weighted by Crippen LogP contribution is -2.37. The summed E-state index contributed by atoms with van der Waals surface area (Å²) in [6.45, 7) is 5.11. The number of ether oxygens (including phenoxy) is 1. The number of rotatable bonds is 6. The van der Waals surface area contributed by atoms with E-state index in [0.29, 0.717) is 16.5 Å². The van der Waals surface area contributed by atoms with Gasteiger partial charge >= 0.3 is 5.97 Å². The van der Waals surface area contributed by atoms with E-state index in [0.717, 1.165) is 6.42 Å². The van der Waals surface area contributed by atoms with Crippen molar-refractivity contribution >= 4 is 32.0 Å². The fourth-order valence-corrected chi connectivity index (χ4v) is 7.08. The molecule has 7 N–H and O–H groups in total. The van der Waals surface area contributed by atoms with Crippen LogP contribution in [0.15, 0.2) is 93.9 Å². The second-order valence-electron chi connectivity index (χ2n) is 13.6. The third kappa shape index (κ3) is 18.1. The van der Waals surface area contributed by atoms with Gasteiger partial charge in [0.25, 0.3) is 10.1 Å². The van der Waals surface area contributed by atoms with Gasteiger partial charge in [0.05, 0.1) is 53.5 Å². The minimum atomic E-state index is -4.31. The van der Waals surface area contributed by atoms with Crippen molar-refractivity contribution in [2.75, 3.05) is 0 Å². The summed E-state index contributed by atoms with van der Waals surface area (Å²) in [5, 5.41) is 75.3. The summed E-state index contributed by atoms with van der Waals surface area (Å²) < 4.78 is 37.9. The largest absolute Gasteiger partial charge is 0.459 e. The summed E-state index contributed by atoms with van der Waals surface area (Å²) in [5.74, 6) is -1.70. The van der Waals surface area contributed by atoms with Gasteiger partial charge in [0.2, 0.25) is 0 Å². The van der Waals surface area contributed by atoms with Gasteiger partial charge < -0.3 is 40.5 Å². The number of carbonyl (C=O) groups is 1. The van der Waals surface area contributed by atoms with Gasteiger partial charge in [0.15, 0.2) is 0 Å². The molecule has 53 heavy (non-hydrogen) atoms. The van der Waals surface area contributed by atoms with Crippen molar-refractivity contribution in [1.29, 1.82) is 0 Å². The Labute approximate surface area is 322 Å². The zero-order valence-corrected chi connectivity index (χ0v) is 33.0. The van der Waals surface area contributed by atoms with Crippen LogP contribution in [-0.2, 0) is 23.8 Å². The minimum Gasteiger partial charge on any atom is -0.459 e. The number of aliphatic hydroxyl groups is 7. The first-order chi connectivity index (χ1) is 25.0. The highest BCUT2D eigenvalue weighted by molar-refractivity contribution is 9.10. The average Bonchev–Trinajstić information content (AvgIpc) is 3.06. The van der Waals surface area contributed by atoms with Gasteiger partial charge in [-0.1, -0.05) is 90.4 Å². The molecule has 2 rings (SSSR count). The maximum Gasteiger partial charge on any atom is 0.311 e. The lowest BCUT2D eigenvalue weighted by atomic mass is 9.90. The summed E-state index contributed by atoms with van der Waals surface area (Å²) in [6, 6.07) is 5.78. The number of halogens is 1. The third-order valence-electron chi connectivity index (χ3n) is 8.81. The monoisotopic (exact) mass is 828 g/mol. The number of esters is 1. The van der Waals surface area contributed by atoms with E-state index in [1.807, 2.05) is 6.92 Å². The Bertz CT molecular complexity index is 1490. The van der Waals surface area contributed by atoms with Crippen molar-refractivity contribution in [1.82, 2.24) is 0 Å². The summed E-state index contributed by atoms with van der Waals surface area (Å²) >= 11 is 3.26. The fraction of sp³-hybridized carbons (Fsp3) is 0.564. The van der Waals surface area contributed by atoms with Gasteiger partial charge in [-0.2, -0.15) is 8.42 Å². The molecule has 12 nitrogen and oxygen atoms in total. The Kier molecular flexibility index (Phi) is 21.2. The molecular weight excluding hydrogens is 772 g/mol. The Hall–Kier alpha value is -2.50. The van der Waals surface area contributed by atoms with Crippen molar-refractivity contribution in [3.63, 3.8) is 0 Å². The quantitative estimate of drug-likeness (QED) is 0.158. The number of hydrogen-bond donors (Lipinski definition) is 7. The average molecular weight is 830 g/mol. The van der Waals surface area contributed by atoms with Crippen LogP contribution < -0.4 is 0 Å². The van der Waals surface area contributed by atoms with Crippen molar-refractivity contribution in [2.45, 2.75) is 138 Å². The minimum absolute atomic E-state index is 0.121. The van der Waals surface area contributed by atoms with Crippen molar-refractivity contribution in [3.05, 3.63) is 89.0 Å². The van der Waals surface area contributed by atoms with Gasteiger partial charge in [-0.05, 0) is 69.4 Å². The Morgan fingerprint density at radius 3 is 1.89 bits per heavy atom. The molecule has 0 radical (unpaired) electrons. The molecule has 1 aromatic carbocycles. The summed E-state index contributed by atoms with van der Waals surface area (Å²) in [4.78, 5) is 12.9. The highest BCUT2D eigenvalue weighted by Crippen LogP contribution is 2.26. The van der Waals surface area contributed by atoms with E-state index < -0.39 is 76.9 Å². The molecule has 14 heteroatoms. The molecule has 0 saturated carbocycles. The number of allylic oxidation sites excluding steroid dienone is 8. The van der Waals surface area contributed by atoms with Crippen molar-refractivity contribution in [2.24, 2.45) is 5.92 Å². The lowest BCUT2D eigenvalue weighted by molar-refractivity contribution is -0.162. The number of cyclic esters (lactones) is 1. The number of unbranched alkanes of at least 4 members (excludes halogenated alkanes) is 1. The van der Waals surface area contributed by atoms with Crippen LogP contribution in [0.3, 0.4) is 0 Å². The van der Waals surface area contributed by atoms with Crippen LogP contribution in [0.1, 0.15) is 78.6 Å². The van der Waals surface area contributed by atoms with E-state index in [4.69, 9.17) is 8.92 Å². The molecule has 0 spiro atoms. The van der Waals surface area contributed by atoms with Gasteiger partial charge in [-0.25, -0.2) is 0 Å². The highest BCUT2D eigenvalue weighted by Gasteiger charge is 2.33. The summed E-state index contributed by atoms with van der Waals surface area (Å²) in [7, 11) is -4.31. The summed E-state index contributed by atoms with van der Waals surface area (Å²) in [6.07, 6.45) is 4.31. The van der Waals surface area contributed by atoms with Crippen LogP contribution >= 0.6 is 15.9 Å². The molecule has 0 saturated heterocycles. The van der Waals surface area contributed by atoms with E-state index in [2.05, 4.69) is 15.9 Å². The maximum atomic E-state index is 13.1. The number of benzene rings is 1. The zero-order chi connectivity index (χ0) is 39.6. The predicted octanol–water partition coefficient (Wildman–Crippen LogP) is 4.31. The van der Waals surface area contributed by atoms with Gasteiger partial charge in [0.1, 0.15) is 12.2 Å². The molecule has 0 aromatic heterocycles. The van der Waals surface area contributed by atoms with Crippen LogP contribution in [-0.4, -0.2) is 105 Å². The molecule has 1 aliphatic rings. The highest BCUT2D eigenvalue weighted by atomic mass is 79.9.